The zero-order chi connectivity index (χ0) is 27.5. The molecule has 3 fully saturated rings. The van der Waals surface area contributed by atoms with Gasteiger partial charge in [-0.1, -0.05) is 44.0 Å². The Morgan fingerprint density at radius 2 is 1.42 bits per heavy atom. The number of non-ortho nitro benzene ring substituents is 2. The molecule has 2 aliphatic carbocycles. The van der Waals surface area contributed by atoms with Crippen molar-refractivity contribution in [3.63, 3.8) is 0 Å². The number of nitro benzene ring substituents is 2. The van der Waals surface area contributed by atoms with Crippen LogP contribution in [0, 0.1) is 43.9 Å². The molecule has 196 valence electrons. The summed E-state index contributed by atoms with van der Waals surface area (Å²) in [5.74, 6) is -4.42. The van der Waals surface area contributed by atoms with Crippen molar-refractivity contribution in [1.29, 1.82) is 0 Å². The Morgan fingerprint density at radius 1 is 0.868 bits per heavy atom. The first-order valence-electron chi connectivity index (χ1n) is 11.5. The van der Waals surface area contributed by atoms with E-state index in [2.05, 4.69) is 31.9 Å². The molecule has 2 bridgehead atoms. The normalized spacial score (nSPS) is 27.4. The number of halogens is 2. The molecule has 3 aliphatic rings. The van der Waals surface area contributed by atoms with Gasteiger partial charge >= 0.3 is 0 Å². The van der Waals surface area contributed by atoms with Crippen molar-refractivity contribution in [3.8, 4) is 0 Å². The van der Waals surface area contributed by atoms with Crippen LogP contribution in [0.3, 0.4) is 0 Å². The lowest BCUT2D eigenvalue weighted by Gasteiger charge is -2.30. The molecule has 14 heteroatoms. The molecule has 3 amide bonds. The number of Topliss-reactive ketones (excluding diaryl/α,β-unsaturated/α-hetero) is 1. The number of rotatable bonds is 7. The van der Waals surface area contributed by atoms with Crippen LogP contribution < -0.4 is 0 Å². The van der Waals surface area contributed by atoms with Crippen molar-refractivity contribution in [2.45, 2.75) is 16.1 Å². The van der Waals surface area contributed by atoms with E-state index in [1.165, 1.54) is 30.3 Å². The number of nitro groups is 2. The van der Waals surface area contributed by atoms with Crippen molar-refractivity contribution < 1.29 is 29.0 Å². The van der Waals surface area contributed by atoms with Crippen molar-refractivity contribution in [3.05, 3.63) is 79.9 Å². The topological polar surface area (TPSA) is 161 Å². The maximum Gasteiger partial charge on any atom is 0.273 e. The number of hydrogen-bond acceptors (Lipinski definition) is 8. The minimum atomic E-state index is -0.890. The van der Waals surface area contributed by atoms with Crippen LogP contribution in [-0.2, 0) is 9.59 Å². The Hall–Kier alpha value is -3.52. The fourth-order valence-electron chi connectivity index (χ4n) is 5.70. The molecule has 1 heterocycles. The highest BCUT2D eigenvalue weighted by molar-refractivity contribution is 9.12. The second-order valence-corrected chi connectivity index (χ2v) is 11.5. The number of imide groups is 1. The Labute approximate surface area is 231 Å². The number of benzene rings is 2. The third-order valence-corrected chi connectivity index (χ3v) is 10.6. The summed E-state index contributed by atoms with van der Waals surface area (Å²) >= 11 is 7.20. The van der Waals surface area contributed by atoms with Crippen LogP contribution in [0.25, 0.3) is 0 Å². The van der Waals surface area contributed by atoms with E-state index in [4.69, 9.17) is 0 Å². The number of carbonyl (C=O) groups is 4. The fraction of sp³-hybridized carbons (Fsp3) is 0.333. The van der Waals surface area contributed by atoms with Gasteiger partial charge in [-0.05, 0) is 30.4 Å². The van der Waals surface area contributed by atoms with Gasteiger partial charge in [-0.2, -0.15) is 5.01 Å². The molecule has 0 unspecified atom stereocenters. The summed E-state index contributed by atoms with van der Waals surface area (Å²) in [6.45, 7) is -0.751. The van der Waals surface area contributed by atoms with E-state index >= 15 is 0 Å². The third kappa shape index (κ3) is 4.11. The van der Waals surface area contributed by atoms with Crippen LogP contribution >= 0.6 is 31.9 Å². The molecule has 1 saturated heterocycles. The largest absolute Gasteiger partial charge is 0.292 e. The SMILES string of the molecule is O=C(CN(C(=O)c1ccc([N+](=O)[O-])cc1)N1C(=O)[C@@H]2[C@H]3C[C@@H]([C@H](Br)[C@@H]3Br)[C@@H]2C1=O)c1cccc([N+](=O)[O-])c1. The molecule has 6 atom stereocenters. The summed E-state index contributed by atoms with van der Waals surface area (Å²) in [5, 5.41) is 23.7. The van der Waals surface area contributed by atoms with Gasteiger partial charge < -0.3 is 0 Å². The first-order valence-corrected chi connectivity index (χ1v) is 13.3. The van der Waals surface area contributed by atoms with E-state index < -0.39 is 51.7 Å². The number of hydrogen-bond donors (Lipinski definition) is 0. The summed E-state index contributed by atoms with van der Waals surface area (Å²) < 4.78 is 0. The number of carbonyl (C=O) groups excluding carboxylic acids is 4. The highest BCUT2D eigenvalue weighted by atomic mass is 79.9. The van der Waals surface area contributed by atoms with E-state index in [9.17, 15) is 39.4 Å². The molecule has 2 aromatic rings. The molecular weight excluding hydrogens is 632 g/mol. The molecule has 1 aliphatic heterocycles. The van der Waals surface area contributed by atoms with E-state index in [0.717, 1.165) is 28.2 Å². The van der Waals surface area contributed by atoms with Crippen molar-refractivity contribution in [1.82, 2.24) is 10.0 Å². The van der Waals surface area contributed by atoms with Crippen molar-refractivity contribution in [2.75, 3.05) is 6.54 Å². The molecule has 2 aromatic carbocycles. The highest BCUT2D eigenvalue weighted by Gasteiger charge is 2.67. The maximum absolute atomic E-state index is 13.6. The van der Waals surface area contributed by atoms with E-state index in [0.29, 0.717) is 6.42 Å². The Bertz CT molecular complexity index is 1370. The number of hydrazine groups is 1. The molecule has 0 spiro atoms. The summed E-state index contributed by atoms with van der Waals surface area (Å²) in [4.78, 5) is 74.8. The predicted octanol–water partition coefficient (Wildman–Crippen LogP) is 3.52. The number of fused-ring (bicyclic) bond motifs is 5. The van der Waals surface area contributed by atoms with Gasteiger partial charge in [0.15, 0.2) is 5.78 Å². The molecule has 0 aromatic heterocycles. The zero-order valence-corrected chi connectivity index (χ0v) is 22.5. The maximum atomic E-state index is 13.6. The van der Waals surface area contributed by atoms with Gasteiger partial charge in [0.05, 0.1) is 21.7 Å². The van der Waals surface area contributed by atoms with Crippen LogP contribution in [-0.4, -0.2) is 59.6 Å². The molecular formula is C24H18Br2N4O8. The van der Waals surface area contributed by atoms with Crippen LogP contribution in [0.15, 0.2) is 48.5 Å². The van der Waals surface area contributed by atoms with Crippen LogP contribution in [0.1, 0.15) is 27.1 Å². The number of ketones is 1. The van der Waals surface area contributed by atoms with Gasteiger partial charge in [-0.15, -0.1) is 0 Å². The van der Waals surface area contributed by atoms with Gasteiger partial charge in [-0.3, -0.25) is 39.4 Å². The lowest BCUT2D eigenvalue weighted by Crippen LogP contribution is -2.52. The predicted molar refractivity (Wildman–Crippen MR) is 137 cm³/mol. The lowest BCUT2D eigenvalue weighted by molar-refractivity contribution is -0.385. The molecule has 12 nitrogen and oxygen atoms in total. The minimum Gasteiger partial charge on any atom is -0.292 e. The Balaban J connectivity index is 1.51. The molecule has 0 N–H and O–H groups in total. The van der Waals surface area contributed by atoms with Gasteiger partial charge in [0, 0.05) is 45.0 Å². The van der Waals surface area contributed by atoms with E-state index in [-0.39, 0.29) is 44.0 Å². The minimum absolute atomic E-state index is 0.0456. The Kier molecular flexibility index (Phi) is 6.63. The highest BCUT2D eigenvalue weighted by Crippen LogP contribution is 2.60. The zero-order valence-electron chi connectivity index (χ0n) is 19.3. The first-order chi connectivity index (χ1) is 18.0. The smallest absolute Gasteiger partial charge is 0.273 e. The summed E-state index contributed by atoms with van der Waals surface area (Å²) in [7, 11) is 0. The van der Waals surface area contributed by atoms with Gasteiger partial charge in [0.2, 0.25) is 0 Å². The fourth-order valence-corrected chi connectivity index (χ4v) is 7.57. The van der Waals surface area contributed by atoms with E-state index in [1.807, 2.05) is 0 Å². The van der Waals surface area contributed by atoms with Crippen LogP contribution in [0.4, 0.5) is 11.4 Å². The molecule has 38 heavy (non-hydrogen) atoms. The average molecular weight is 650 g/mol. The molecule has 5 rings (SSSR count). The lowest BCUT2D eigenvalue weighted by atomic mass is 9.81. The summed E-state index contributed by atoms with van der Waals surface area (Å²) in [5.41, 5.74) is -0.775. The van der Waals surface area contributed by atoms with Crippen molar-refractivity contribution >= 4 is 66.7 Å². The summed E-state index contributed by atoms with van der Waals surface area (Å²) in [6, 6.07) is 9.43. The number of alkyl halides is 2. The van der Waals surface area contributed by atoms with E-state index in [1.54, 1.807) is 0 Å². The second kappa shape index (κ2) is 9.66. The van der Waals surface area contributed by atoms with Crippen molar-refractivity contribution in [2.24, 2.45) is 23.7 Å². The second-order valence-electron chi connectivity index (χ2n) is 9.39. The molecule has 2 saturated carbocycles. The monoisotopic (exact) mass is 648 g/mol. The van der Waals surface area contributed by atoms with Gasteiger partial charge in [0.25, 0.3) is 29.1 Å². The van der Waals surface area contributed by atoms with Gasteiger partial charge in [0.1, 0.15) is 6.54 Å². The van der Waals surface area contributed by atoms with Gasteiger partial charge in [-0.25, -0.2) is 5.01 Å². The Morgan fingerprint density at radius 3 is 1.95 bits per heavy atom. The average Bonchev–Trinajstić information content (AvgIpc) is 3.51. The quantitative estimate of drug-likeness (QED) is 0.145. The summed E-state index contributed by atoms with van der Waals surface area (Å²) in [6.07, 6.45) is 0.662. The van der Waals surface area contributed by atoms with Crippen LogP contribution in [0.2, 0.25) is 0 Å². The standard InChI is InChI=1S/C24H18Br2N4O8/c25-20-15-9-16(21(20)26)19-18(15)23(33)28(24(19)34)27(22(32)11-4-6-13(7-5-11)29(35)36)10-17(31)12-2-1-3-14(8-12)30(37)38/h1-8,15-16,18-21H,9-10H2/t15-,16-,18-,19+,20-,21+/m1/s1. The van der Waals surface area contributed by atoms with Crippen LogP contribution in [0.5, 0.6) is 0 Å². The first kappa shape index (κ1) is 26.1. The number of amides is 3. The number of nitrogens with zero attached hydrogens (tertiary/aromatic N) is 4. The third-order valence-electron chi connectivity index (χ3n) is 7.44. The molecule has 0 radical (unpaired) electrons.